The first-order chi connectivity index (χ1) is 10.3. The Morgan fingerprint density at radius 3 is 2.29 bits per heavy atom. The van der Waals surface area contributed by atoms with Crippen molar-refractivity contribution in [3.05, 3.63) is 72.8 Å². The number of hydrogen-bond donors (Lipinski definition) is 0. The van der Waals surface area contributed by atoms with E-state index in [4.69, 9.17) is 4.42 Å². The smallest absolute Gasteiger partial charge is 0.417 e. The zero-order valence-electron chi connectivity index (χ0n) is 11.3. The molecule has 3 aromatic carbocycles. The molecule has 0 unspecified atom stereocenters. The average molecular weight is 274 g/mol. The molecule has 0 radical (unpaired) electrons. The van der Waals surface area contributed by atoms with Gasteiger partial charge in [0.2, 0.25) is 0 Å². The van der Waals surface area contributed by atoms with Gasteiger partial charge in [-0.25, -0.2) is 0 Å². The fourth-order valence-corrected chi connectivity index (χ4v) is 2.77. The van der Waals surface area contributed by atoms with Gasteiger partial charge in [0.25, 0.3) is 0 Å². The minimum absolute atomic E-state index is 0.579. The molecule has 0 atom stereocenters. The van der Waals surface area contributed by atoms with Crippen LogP contribution < -0.4 is 10.9 Å². The van der Waals surface area contributed by atoms with Crippen LogP contribution in [0.4, 0.5) is 4.32 Å². The zero-order valence-corrected chi connectivity index (χ0v) is 11.3. The summed E-state index contributed by atoms with van der Waals surface area (Å²) in [6.07, 6.45) is 0. The van der Waals surface area contributed by atoms with Crippen molar-refractivity contribution in [1.29, 1.82) is 0 Å². The summed E-state index contributed by atoms with van der Waals surface area (Å²) in [5.74, 6) is 0. The summed E-state index contributed by atoms with van der Waals surface area (Å²) in [6, 6.07) is 22.6. The van der Waals surface area contributed by atoms with Gasteiger partial charge < -0.3 is 8.73 Å². The van der Waals surface area contributed by atoms with Crippen molar-refractivity contribution in [2.75, 3.05) is 0 Å². The van der Waals surface area contributed by atoms with Gasteiger partial charge in [0.1, 0.15) is 11.2 Å². The molecule has 100 valence electrons. The van der Waals surface area contributed by atoms with Crippen LogP contribution in [0.2, 0.25) is 0 Å². The summed E-state index contributed by atoms with van der Waals surface area (Å²) in [5, 5.41) is 1.98. The summed E-state index contributed by atoms with van der Waals surface area (Å²) in [7, 11) is 0. The maximum Gasteiger partial charge on any atom is 0.417 e. The second-order valence-corrected chi connectivity index (χ2v) is 5.10. The van der Waals surface area contributed by atoms with E-state index in [2.05, 4.69) is 0 Å². The average Bonchev–Trinajstić information content (AvgIpc) is 2.94. The highest BCUT2D eigenvalue weighted by Gasteiger charge is 2.24. The first kappa shape index (κ1) is 12.2. The zero-order chi connectivity index (χ0) is 14.2. The molecule has 0 saturated carbocycles. The molecule has 0 aliphatic heterocycles. The fourth-order valence-electron chi connectivity index (χ4n) is 2.77. The topological polar surface area (TPSA) is 13.1 Å². The van der Waals surface area contributed by atoms with Gasteiger partial charge in [-0.15, -0.1) is 0 Å². The minimum Gasteiger partial charge on any atom is -0.457 e. The Kier molecular flexibility index (Phi) is 2.78. The van der Waals surface area contributed by atoms with E-state index in [1.165, 1.54) is 0 Å². The van der Waals surface area contributed by atoms with Crippen molar-refractivity contribution in [3.8, 4) is 0 Å². The SMILES string of the molecule is FB(c1ccccc1)c1cccc2c1oc1ccccc12. The van der Waals surface area contributed by atoms with Gasteiger partial charge in [-0.1, -0.05) is 66.7 Å². The quantitative estimate of drug-likeness (QED) is 0.508. The highest BCUT2D eigenvalue weighted by Crippen LogP contribution is 2.27. The monoisotopic (exact) mass is 274 g/mol. The standard InChI is InChI=1S/C18H12BFO/c20-19(13-7-2-1-3-8-13)16-11-6-10-15-14-9-4-5-12-17(14)21-18(15)16/h1-12H. The van der Waals surface area contributed by atoms with Crippen molar-refractivity contribution in [2.45, 2.75) is 0 Å². The number of furan rings is 1. The lowest BCUT2D eigenvalue weighted by molar-refractivity contribution is 0.670. The lowest BCUT2D eigenvalue weighted by Crippen LogP contribution is -2.38. The van der Waals surface area contributed by atoms with Crippen LogP contribution in [0.5, 0.6) is 0 Å². The summed E-state index contributed by atoms with van der Waals surface area (Å²) in [5.41, 5.74) is 2.65. The van der Waals surface area contributed by atoms with Crippen molar-refractivity contribution in [2.24, 2.45) is 0 Å². The van der Waals surface area contributed by atoms with E-state index in [0.717, 1.165) is 16.4 Å². The third-order valence-corrected chi connectivity index (χ3v) is 3.80. The molecule has 1 heterocycles. The predicted octanol–water partition coefficient (Wildman–Crippen LogP) is 3.66. The van der Waals surface area contributed by atoms with Crippen LogP contribution in [0.1, 0.15) is 0 Å². The molecular weight excluding hydrogens is 262 g/mol. The number of rotatable bonds is 2. The van der Waals surface area contributed by atoms with Crippen LogP contribution >= 0.6 is 0 Å². The molecule has 1 aromatic heterocycles. The molecule has 0 N–H and O–H groups in total. The minimum atomic E-state index is -1.18. The summed E-state index contributed by atoms with van der Waals surface area (Å²) in [4.78, 5) is 0. The van der Waals surface area contributed by atoms with E-state index in [0.29, 0.717) is 16.5 Å². The highest BCUT2D eigenvalue weighted by atomic mass is 19.1. The van der Waals surface area contributed by atoms with Crippen LogP contribution in [-0.2, 0) is 0 Å². The van der Waals surface area contributed by atoms with E-state index < -0.39 is 6.99 Å². The number of fused-ring (bicyclic) bond motifs is 3. The Hall–Kier alpha value is -2.55. The summed E-state index contributed by atoms with van der Waals surface area (Å²) < 4.78 is 20.8. The third kappa shape index (κ3) is 1.93. The second-order valence-electron chi connectivity index (χ2n) is 5.10. The van der Waals surface area contributed by atoms with Gasteiger partial charge in [-0.2, -0.15) is 0 Å². The Morgan fingerprint density at radius 1 is 0.714 bits per heavy atom. The van der Waals surface area contributed by atoms with E-state index in [9.17, 15) is 4.32 Å². The normalized spacial score (nSPS) is 11.1. The van der Waals surface area contributed by atoms with E-state index >= 15 is 0 Å². The number of para-hydroxylation sites is 2. The Balaban J connectivity index is 1.97. The summed E-state index contributed by atoms with van der Waals surface area (Å²) >= 11 is 0. The van der Waals surface area contributed by atoms with Gasteiger partial charge in [0.15, 0.2) is 0 Å². The van der Waals surface area contributed by atoms with Crippen molar-refractivity contribution in [3.63, 3.8) is 0 Å². The van der Waals surface area contributed by atoms with Crippen LogP contribution in [0.25, 0.3) is 21.9 Å². The van der Waals surface area contributed by atoms with Gasteiger partial charge in [0, 0.05) is 16.2 Å². The van der Waals surface area contributed by atoms with Crippen LogP contribution in [0.3, 0.4) is 0 Å². The van der Waals surface area contributed by atoms with Crippen molar-refractivity contribution >= 4 is 39.9 Å². The van der Waals surface area contributed by atoms with Gasteiger partial charge >= 0.3 is 6.99 Å². The Labute approximate surface area is 122 Å². The second kappa shape index (κ2) is 4.78. The van der Waals surface area contributed by atoms with Gasteiger partial charge in [0.05, 0.1) is 0 Å². The van der Waals surface area contributed by atoms with Crippen LogP contribution in [0, 0.1) is 0 Å². The number of benzene rings is 3. The molecule has 3 heteroatoms. The number of halogens is 1. The lowest BCUT2D eigenvalue weighted by atomic mass is 9.58. The van der Waals surface area contributed by atoms with Crippen molar-refractivity contribution in [1.82, 2.24) is 0 Å². The molecule has 0 fully saturated rings. The molecule has 0 bridgehead atoms. The molecule has 0 aliphatic rings. The Bertz CT molecular complexity index is 914. The molecule has 4 aromatic rings. The molecule has 0 amide bonds. The molecule has 0 spiro atoms. The van der Waals surface area contributed by atoms with Crippen LogP contribution in [-0.4, -0.2) is 6.99 Å². The molecule has 21 heavy (non-hydrogen) atoms. The molecular formula is C18H12BFO. The van der Waals surface area contributed by atoms with E-state index in [1.807, 2.05) is 54.6 Å². The first-order valence-corrected chi connectivity index (χ1v) is 6.94. The van der Waals surface area contributed by atoms with Crippen molar-refractivity contribution < 1.29 is 8.73 Å². The molecule has 0 saturated heterocycles. The summed E-state index contributed by atoms with van der Waals surface area (Å²) in [6.45, 7) is -1.18. The van der Waals surface area contributed by atoms with E-state index in [-0.39, 0.29) is 0 Å². The third-order valence-electron chi connectivity index (χ3n) is 3.80. The van der Waals surface area contributed by atoms with Gasteiger partial charge in [-0.05, 0) is 11.5 Å². The maximum atomic E-state index is 14.9. The van der Waals surface area contributed by atoms with Crippen LogP contribution in [0.15, 0.2) is 77.2 Å². The maximum absolute atomic E-state index is 14.9. The first-order valence-electron chi connectivity index (χ1n) is 6.94. The largest absolute Gasteiger partial charge is 0.457 e. The fraction of sp³-hybridized carbons (Fsp3) is 0. The molecule has 1 nitrogen and oxygen atoms in total. The van der Waals surface area contributed by atoms with E-state index in [1.54, 1.807) is 18.2 Å². The Morgan fingerprint density at radius 2 is 1.43 bits per heavy atom. The molecule has 0 aliphatic carbocycles. The number of hydrogen-bond acceptors (Lipinski definition) is 1. The molecule has 4 rings (SSSR count). The van der Waals surface area contributed by atoms with Gasteiger partial charge in [-0.3, -0.25) is 0 Å². The lowest BCUT2D eigenvalue weighted by Gasteiger charge is -2.05. The predicted molar refractivity (Wildman–Crippen MR) is 86.3 cm³/mol. The highest BCUT2D eigenvalue weighted by molar-refractivity contribution is 6.81.